The molecule has 12 heteroatoms. The number of alkyl halides is 3. The number of rotatable bonds is 10. The minimum atomic E-state index is -4.77. The van der Waals surface area contributed by atoms with E-state index in [0.717, 1.165) is 16.8 Å². The molecule has 0 aliphatic heterocycles. The van der Waals surface area contributed by atoms with E-state index in [-0.39, 0.29) is 35.0 Å². The molecule has 2 amide bonds. The quantitative estimate of drug-likeness (QED) is 0.385. The number of carboxylic acid groups (broad SMARTS) is 1. The molecule has 0 saturated carbocycles. The van der Waals surface area contributed by atoms with Crippen LogP contribution in [0.5, 0.6) is 0 Å². The van der Waals surface area contributed by atoms with Crippen LogP contribution in [0.1, 0.15) is 30.4 Å². The van der Waals surface area contributed by atoms with Gasteiger partial charge >= 0.3 is 6.18 Å². The summed E-state index contributed by atoms with van der Waals surface area (Å²) in [5, 5.41) is 13.1. The molecule has 0 fully saturated rings. The van der Waals surface area contributed by atoms with E-state index < -0.39 is 36.7 Å². The van der Waals surface area contributed by atoms with Gasteiger partial charge in [0.25, 0.3) is 0 Å². The maximum atomic E-state index is 12.9. The lowest BCUT2D eigenvalue weighted by molar-refractivity contribution is -0.274. The second-order valence-corrected chi connectivity index (χ2v) is 9.14. The van der Waals surface area contributed by atoms with Crippen LogP contribution >= 0.6 is 34.8 Å². The van der Waals surface area contributed by atoms with Crippen molar-refractivity contribution in [1.29, 1.82) is 0 Å². The summed E-state index contributed by atoms with van der Waals surface area (Å²) in [7, 11) is 1.12. The zero-order chi connectivity index (χ0) is 26.4. The Balaban J connectivity index is 2.67. The fourth-order valence-corrected chi connectivity index (χ4v) is 4.15. The van der Waals surface area contributed by atoms with Gasteiger partial charge in [-0.2, -0.15) is 13.2 Å². The van der Waals surface area contributed by atoms with Crippen molar-refractivity contribution in [3.63, 3.8) is 0 Å². The van der Waals surface area contributed by atoms with Crippen LogP contribution in [-0.4, -0.2) is 47.9 Å². The monoisotopic (exact) mass is 551 g/mol. The van der Waals surface area contributed by atoms with E-state index in [9.17, 15) is 32.7 Å². The molecule has 6 nitrogen and oxygen atoms in total. The minimum absolute atomic E-state index is 0.0497. The van der Waals surface area contributed by atoms with Gasteiger partial charge in [-0.1, -0.05) is 53.0 Å². The Morgan fingerprint density at radius 3 is 2.17 bits per heavy atom. The van der Waals surface area contributed by atoms with Crippen LogP contribution in [0.3, 0.4) is 0 Å². The molecule has 2 aromatic rings. The molecule has 190 valence electrons. The summed E-state index contributed by atoms with van der Waals surface area (Å²) in [4.78, 5) is 37.8. The molecule has 0 saturated heterocycles. The largest absolute Gasteiger partial charge is 0.530 e. The van der Waals surface area contributed by atoms with E-state index in [4.69, 9.17) is 34.8 Å². The van der Waals surface area contributed by atoms with Crippen molar-refractivity contribution in [3.05, 3.63) is 68.7 Å². The molecule has 0 aliphatic rings. The first-order valence-electron chi connectivity index (χ1n) is 10.2. The van der Waals surface area contributed by atoms with E-state index >= 15 is 0 Å². The first-order chi connectivity index (χ1) is 16.3. The van der Waals surface area contributed by atoms with E-state index in [1.54, 1.807) is 12.1 Å². The molecule has 0 unspecified atom stereocenters. The molecule has 0 heterocycles. The number of aldehydes is 1. The topological polar surface area (TPSA) is 80.8 Å². The third-order valence-electron chi connectivity index (χ3n) is 5.40. The molecule has 0 N–H and O–H groups in total. The van der Waals surface area contributed by atoms with Crippen molar-refractivity contribution >= 4 is 53.1 Å². The number of benzene rings is 2. The third-order valence-corrected chi connectivity index (χ3v) is 6.39. The average Bonchev–Trinajstić information content (AvgIpc) is 2.76. The van der Waals surface area contributed by atoms with E-state index in [1.807, 2.05) is 0 Å². The lowest BCUT2D eigenvalue weighted by atomic mass is 9.82. The zero-order valence-corrected chi connectivity index (χ0v) is 20.7. The lowest BCUT2D eigenvalue weighted by Crippen LogP contribution is -2.59. The van der Waals surface area contributed by atoms with Gasteiger partial charge in [-0.05, 0) is 41.8 Å². The summed E-state index contributed by atoms with van der Waals surface area (Å²) in [5.41, 5.74) is -0.999. The highest BCUT2D eigenvalue weighted by atomic mass is 35.5. The predicted octanol–water partition coefficient (Wildman–Crippen LogP) is 5.08. The molecular formula is C23H21Cl3F3N2O4-. The minimum Gasteiger partial charge on any atom is -0.530 e. The molecule has 1 atom stereocenters. The molecule has 2 rings (SSSR count). The van der Waals surface area contributed by atoms with Crippen molar-refractivity contribution < 1.29 is 32.7 Å². The number of hydrogen-bond acceptors (Lipinski definition) is 4. The summed E-state index contributed by atoms with van der Waals surface area (Å²) in [6.07, 6.45) is -7.99. The van der Waals surface area contributed by atoms with Crippen molar-refractivity contribution in [2.24, 2.45) is 0 Å². The third kappa shape index (κ3) is 7.75. The van der Waals surface area contributed by atoms with Crippen LogP contribution in [0.15, 0.2) is 42.5 Å². The van der Waals surface area contributed by atoms with Crippen molar-refractivity contribution in [3.8, 4) is 0 Å². The number of amides is 2. The summed E-state index contributed by atoms with van der Waals surface area (Å²) < 4.78 is 38.6. The maximum absolute atomic E-state index is 12.9. The fraction of sp³-hybridized carbons (Fsp3) is 0.348. The molecule has 2 aromatic carbocycles. The zero-order valence-electron chi connectivity index (χ0n) is 18.4. The Hall–Kier alpha value is -2.49. The van der Waals surface area contributed by atoms with Gasteiger partial charge in [0.05, 0.1) is 15.6 Å². The standard InChI is InChI=1S/C23H22Cl3F3N2O4/c1-30(20(33)12-23(27,28)29)14-22(9-2-10-32,16-5-8-18(25)19(26)11-16)31(21(34)35)13-15-3-6-17(24)7-4-15/h3-8,10-11H,2,9,12-14H2,1H3,(H,34,35)/p-1/t22-/m1/s1. The Morgan fingerprint density at radius 1 is 1.03 bits per heavy atom. The summed E-state index contributed by atoms with van der Waals surface area (Å²) in [5.74, 6) is -1.28. The second-order valence-electron chi connectivity index (χ2n) is 7.89. The van der Waals surface area contributed by atoms with E-state index in [2.05, 4.69) is 0 Å². The number of likely N-dealkylation sites (N-methyl/N-ethyl adjacent to an activating group) is 1. The van der Waals surface area contributed by atoms with E-state index in [0.29, 0.717) is 16.9 Å². The van der Waals surface area contributed by atoms with Gasteiger partial charge in [-0.25, -0.2) is 0 Å². The highest BCUT2D eigenvalue weighted by molar-refractivity contribution is 6.42. The lowest BCUT2D eigenvalue weighted by Gasteiger charge is -2.48. The Bertz CT molecular complexity index is 1070. The van der Waals surface area contributed by atoms with Gasteiger partial charge in [0.15, 0.2) is 0 Å². The van der Waals surface area contributed by atoms with Crippen LogP contribution in [-0.2, 0) is 21.7 Å². The Morgan fingerprint density at radius 2 is 1.66 bits per heavy atom. The van der Waals surface area contributed by atoms with Crippen LogP contribution in [0, 0.1) is 0 Å². The van der Waals surface area contributed by atoms with Crippen LogP contribution in [0.25, 0.3) is 0 Å². The van der Waals surface area contributed by atoms with Crippen LogP contribution < -0.4 is 5.11 Å². The molecule has 0 aromatic heterocycles. The van der Waals surface area contributed by atoms with Gasteiger partial charge in [0, 0.05) is 31.6 Å². The smallest absolute Gasteiger partial charge is 0.397 e. The number of hydrogen-bond donors (Lipinski definition) is 0. The van der Waals surface area contributed by atoms with Gasteiger partial charge in [0.2, 0.25) is 5.91 Å². The van der Waals surface area contributed by atoms with Crippen molar-refractivity contribution in [2.75, 3.05) is 13.6 Å². The van der Waals surface area contributed by atoms with Gasteiger partial charge < -0.3 is 24.5 Å². The highest BCUT2D eigenvalue weighted by Gasteiger charge is 2.42. The highest BCUT2D eigenvalue weighted by Crippen LogP contribution is 2.39. The SMILES string of the molecule is CN(C[C@](CCC=O)(c1ccc(Cl)c(Cl)c1)N(Cc1ccc(Cl)cc1)C(=O)[O-])C(=O)CC(F)(F)F. The van der Waals surface area contributed by atoms with Gasteiger partial charge in [-0.3, -0.25) is 4.79 Å². The van der Waals surface area contributed by atoms with Gasteiger partial charge in [-0.15, -0.1) is 0 Å². The molecule has 0 spiro atoms. The number of carbonyl (C=O) groups is 3. The Kier molecular flexibility index (Phi) is 9.83. The molecule has 0 bridgehead atoms. The fourth-order valence-electron chi connectivity index (χ4n) is 3.72. The first kappa shape index (κ1) is 28.7. The maximum Gasteiger partial charge on any atom is 0.397 e. The molecular weight excluding hydrogens is 532 g/mol. The summed E-state index contributed by atoms with van der Waals surface area (Å²) >= 11 is 18.1. The number of halogens is 6. The van der Waals surface area contributed by atoms with Crippen molar-refractivity contribution in [2.45, 2.75) is 37.5 Å². The second kappa shape index (κ2) is 12.0. The van der Waals surface area contributed by atoms with E-state index in [1.165, 1.54) is 30.3 Å². The molecule has 0 aliphatic carbocycles. The predicted molar refractivity (Wildman–Crippen MR) is 124 cm³/mol. The summed E-state index contributed by atoms with van der Waals surface area (Å²) in [6.45, 7) is -0.796. The normalized spacial score (nSPS) is 13.1. The number of nitrogens with zero attached hydrogens (tertiary/aromatic N) is 2. The summed E-state index contributed by atoms with van der Waals surface area (Å²) in [6, 6.07) is 10.4. The molecule has 0 radical (unpaired) electrons. The first-order valence-corrected chi connectivity index (χ1v) is 11.4. The van der Waals surface area contributed by atoms with Crippen molar-refractivity contribution in [1.82, 2.24) is 9.80 Å². The Labute approximate surface area is 215 Å². The van der Waals surface area contributed by atoms with Crippen LogP contribution in [0.4, 0.5) is 18.0 Å². The number of carbonyl (C=O) groups excluding carboxylic acids is 3. The average molecular weight is 553 g/mol. The van der Waals surface area contributed by atoms with Gasteiger partial charge in [0.1, 0.15) is 18.8 Å². The molecule has 35 heavy (non-hydrogen) atoms. The van der Waals surface area contributed by atoms with Crippen LogP contribution in [0.2, 0.25) is 15.1 Å².